The Bertz CT molecular complexity index is 553. The van der Waals surface area contributed by atoms with Crippen molar-refractivity contribution in [3.05, 3.63) is 64.4 Å². The van der Waals surface area contributed by atoms with E-state index in [1.54, 1.807) is 43.3 Å². The van der Waals surface area contributed by atoms with Crippen LogP contribution < -0.4 is 4.74 Å². The van der Waals surface area contributed by atoms with Crippen LogP contribution in [0.5, 0.6) is 5.75 Å². The number of halogens is 2. The fourth-order valence-electron chi connectivity index (χ4n) is 1.64. The van der Waals surface area contributed by atoms with Crippen LogP contribution in [0.1, 0.15) is 24.2 Å². The van der Waals surface area contributed by atoms with Crippen LogP contribution >= 0.6 is 11.6 Å². The molecule has 100 valence electrons. The molecule has 0 saturated heterocycles. The van der Waals surface area contributed by atoms with E-state index in [-0.39, 0.29) is 5.02 Å². The average molecular weight is 281 g/mol. The Kier molecular flexibility index (Phi) is 4.40. The van der Waals surface area contributed by atoms with E-state index in [2.05, 4.69) is 0 Å². The van der Waals surface area contributed by atoms with Gasteiger partial charge in [-0.15, -0.1) is 0 Å². The number of ether oxygens (including phenoxy) is 1. The predicted octanol–water partition coefficient (Wildman–Crippen LogP) is 4.11. The van der Waals surface area contributed by atoms with Crippen molar-refractivity contribution >= 4 is 11.6 Å². The smallest absolute Gasteiger partial charge is 0.141 e. The number of benzene rings is 2. The zero-order chi connectivity index (χ0) is 13.8. The van der Waals surface area contributed by atoms with Crippen LogP contribution in [0.15, 0.2) is 42.5 Å². The van der Waals surface area contributed by atoms with Crippen molar-refractivity contribution in [2.24, 2.45) is 0 Å². The van der Waals surface area contributed by atoms with E-state index in [9.17, 15) is 9.50 Å². The zero-order valence-corrected chi connectivity index (χ0v) is 11.2. The van der Waals surface area contributed by atoms with Gasteiger partial charge in [-0.05, 0) is 42.3 Å². The molecular formula is C15H14ClFO2. The molecule has 0 unspecified atom stereocenters. The average Bonchev–Trinajstić information content (AvgIpc) is 2.40. The summed E-state index contributed by atoms with van der Waals surface area (Å²) < 4.78 is 18.5. The van der Waals surface area contributed by atoms with Crippen molar-refractivity contribution in [1.82, 2.24) is 0 Å². The lowest BCUT2D eigenvalue weighted by Gasteiger charge is -2.09. The minimum Gasteiger partial charge on any atom is -0.489 e. The van der Waals surface area contributed by atoms with Crippen molar-refractivity contribution in [2.75, 3.05) is 0 Å². The minimum absolute atomic E-state index is 0.0885. The van der Waals surface area contributed by atoms with E-state index in [1.165, 1.54) is 6.07 Å². The molecule has 0 aliphatic heterocycles. The molecule has 1 atom stereocenters. The van der Waals surface area contributed by atoms with E-state index >= 15 is 0 Å². The van der Waals surface area contributed by atoms with Crippen molar-refractivity contribution < 1.29 is 14.2 Å². The maximum atomic E-state index is 13.0. The Hall–Kier alpha value is -1.58. The Labute approximate surface area is 116 Å². The van der Waals surface area contributed by atoms with Gasteiger partial charge in [0.25, 0.3) is 0 Å². The summed E-state index contributed by atoms with van der Waals surface area (Å²) in [7, 11) is 0. The summed E-state index contributed by atoms with van der Waals surface area (Å²) in [6.07, 6.45) is -0.495. The number of rotatable bonds is 4. The monoisotopic (exact) mass is 280 g/mol. The van der Waals surface area contributed by atoms with Gasteiger partial charge in [0, 0.05) is 0 Å². The van der Waals surface area contributed by atoms with Crippen molar-refractivity contribution in [3.8, 4) is 5.75 Å². The third-order valence-electron chi connectivity index (χ3n) is 2.75. The van der Waals surface area contributed by atoms with Crippen LogP contribution in [0.4, 0.5) is 4.39 Å². The van der Waals surface area contributed by atoms with E-state index < -0.39 is 11.9 Å². The van der Waals surface area contributed by atoms with E-state index in [0.717, 1.165) is 11.1 Å². The molecular weight excluding hydrogens is 267 g/mol. The first-order chi connectivity index (χ1) is 9.06. The van der Waals surface area contributed by atoms with Crippen LogP contribution in [-0.2, 0) is 6.61 Å². The second kappa shape index (κ2) is 6.04. The molecule has 0 saturated carbocycles. The second-order valence-electron chi connectivity index (χ2n) is 4.28. The summed E-state index contributed by atoms with van der Waals surface area (Å²) in [4.78, 5) is 0. The summed E-state index contributed by atoms with van der Waals surface area (Å²) in [6.45, 7) is 2.02. The molecule has 0 aliphatic carbocycles. The molecule has 0 aliphatic rings. The first-order valence-electron chi connectivity index (χ1n) is 5.91. The van der Waals surface area contributed by atoms with E-state index in [0.29, 0.717) is 12.4 Å². The van der Waals surface area contributed by atoms with Gasteiger partial charge >= 0.3 is 0 Å². The molecule has 2 aromatic rings. The number of aliphatic hydroxyl groups is 1. The maximum absolute atomic E-state index is 13.0. The fraction of sp³-hybridized carbons (Fsp3) is 0.200. The summed E-state index contributed by atoms with van der Waals surface area (Å²) >= 11 is 5.69. The molecule has 0 aromatic heterocycles. The number of hydrogen-bond donors (Lipinski definition) is 1. The van der Waals surface area contributed by atoms with Gasteiger partial charge in [-0.3, -0.25) is 0 Å². The topological polar surface area (TPSA) is 29.5 Å². The van der Waals surface area contributed by atoms with Gasteiger partial charge in [0.1, 0.15) is 18.2 Å². The van der Waals surface area contributed by atoms with E-state index in [1.807, 2.05) is 0 Å². The number of aliphatic hydroxyl groups excluding tert-OH is 1. The normalized spacial score (nSPS) is 12.2. The molecule has 19 heavy (non-hydrogen) atoms. The standard InChI is InChI=1S/C15H14ClFO2/c1-10(18)12-3-5-13(6-4-12)19-9-11-2-7-15(17)14(16)8-11/h2-8,10,18H,9H2,1H3/t10-/m1/s1. The van der Waals surface area contributed by atoms with Crippen molar-refractivity contribution in [3.63, 3.8) is 0 Å². The summed E-state index contributed by atoms with van der Waals surface area (Å²) in [5, 5.41) is 9.48. The van der Waals surface area contributed by atoms with Crippen LogP contribution in [0, 0.1) is 5.82 Å². The highest BCUT2D eigenvalue weighted by atomic mass is 35.5. The van der Waals surface area contributed by atoms with Gasteiger partial charge in [-0.2, -0.15) is 0 Å². The highest BCUT2D eigenvalue weighted by Gasteiger charge is 2.03. The molecule has 4 heteroatoms. The summed E-state index contributed by atoms with van der Waals surface area (Å²) in [6, 6.07) is 11.7. The first kappa shape index (κ1) is 13.8. The van der Waals surface area contributed by atoms with Gasteiger partial charge in [0.15, 0.2) is 0 Å². The van der Waals surface area contributed by atoms with Crippen LogP contribution in [0.25, 0.3) is 0 Å². The van der Waals surface area contributed by atoms with Crippen molar-refractivity contribution in [1.29, 1.82) is 0 Å². The molecule has 0 fully saturated rings. The van der Waals surface area contributed by atoms with Crippen molar-refractivity contribution in [2.45, 2.75) is 19.6 Å². The van der Waals surface area contributed by atoms with Crippen LogP contribution in [-0.4, -0.2) is 5.11 Å². The molecule has 0 heterocycles. The lowest BCUT2D eigenvalue weighted by molar-refractivity contribution is 0.199. The van der Waals surface area contributed by atoms with E-state index in [4.69, 9.17) is 16.3 Å². The summed E-state index contributed by atoms with van der Waals surface area (Å²) in [5.41, 5.74) is 1.63. The van der Waals surface area contributed by atoms with Gasteiger partial charge in [0.2, 0.25) is 0 Å². The largest absolute Gasteiger partial charge is 0.489 e. The Morgan fingerprint density at radius 1 is 1.21 bits per heavy atom. The zero-order valence-electron chi connectivity index (χ0n) is 10.4. The highest BCUT2D eigenvalue weighted by Crippen LogP contribution is 2.20. The van der Waals surface area contributed by atoms with Gasteiger partial charge in [-0.1, -0.05) is 29.8 Å². The third-order valence-corrected chi connectivity index (χ3v) is 3.04. The lowest BCUT2D eigenvalue weighted by Crippen LogP contribution is -1.97. The molecule has 1 N–H and O–H groups in total. The second-order valence-corrected chi connectivity index (χ2v) is 4.69. The fourth-order valence-corrected chi connectivity index (χ4v) is 1.84. The SMILES string of the molecule is C[C@@H](O)c1ccc(OCc2ccc(F)c(Cl)c2)cc1. The lowest BCUT2D eigenvalue weighted by atomic mass is 10.1. The minimum atomic E-state index is -0.495. The predicted molar refractivity (Wildman–Crippen MR) is 72.8 cm³/mol. The van der Waals surface area contributed by atoms with Crippen LogP contribution in [0.2, 0.25) is 5.02 Å². The number of hydrogen-bond acceptors (Lipinski definition) is 2. The molecule has 0 spiro atoms. The first-order valence-corrected chi connectivity index (χ1v) is 6.29. The molecule has 0 bridgehead atoms. The highest BCUT2D eigenvalue weighted by molar-refractivity contribution is 6.30. The van der Waals surface area contributed by atoms with Gasteiger partial charge < -0.3 is 9.84 Å². The van der Waals surface area contributed by atoms with Gasteiger partial charge in [-0.25, -0.2) is 4.39 Å². The quantitative estimate of drug-likeness (QED) is 0.913. The Morgan fingerprint density at radius 2 is 1.89 bits per heavy atom. The van der Waals surface area contributed by atoms with Gasteiger partial charge in [0.05, 0.1) is 11.1 Å². The molecule has 0 radical (unpaired) electrons. The molecule has 2 aromatic carbocycles. The molecule has 2 rings (SSSR count). The third kappa shape index (κ3) is 3.69. The molecule has 2 nitrogen and oxygen atoms in total. The van der Waals surface area contributed by atoms with Crippen LogP contribution in [0.3, 0.4) is 0 Å². The Balaban J connectivity index is 2.00. The Morgan fingerprint density at radius 3 is 2.47 bits per heavy atom. The molecule has 0 amide bonds. The maximum Gasteiger partial charge on any atom is 0.141 e. The summed E-state index contributed by atoms with van der Waals surface area (Å²) in [5.74, 6) is 0.247.